The first-order chi connectivity index (χ1) is 6.48. The van der Waals surface area contributed by atoms with Crippen LogP contribution >= 0.6 is 27.5 Å². The number of aromatic nitrogens is 1. The van der Waals surface area contributed by atoms with Crippen LogP contribution in [0.2, 0.25) is 0 Å². The van der Waals surface area contributed by atoms with Crippen molar-refractivity contribution in [1.82, 2.24) is 4.98 Å². The molecule has 1 aromatic heterocycles. The van der Waals surface area contributed by atoms with E-state index in [1.165, 1.54) is 12.3 Å². The number of rotatable bonds is 3. The minimum absolute atomic E-state index is 0.565. The molecule has 1 heterocycles. The maximum absolute atomic E-state index is 13.2. The van der Waals surface area contributed by atoms with Crippen molar-refractivity contribution < 1.29 is 13.6 Å². The summed E-state index contributed by atoms with van der Waals surface area (Å²) in [5, 5.41) is 0. The van der Waals surface area contributed by atoms with Crippen LogP contribution in [0, 0.1) is 0 Å². The summed E-state index contributed by atoms with van der Waals surface area (Å²) < 4.78 is 26.9. The quantitative estimate of drug-likeness (QED) is 0.799. The topological polar surface area (TPSA) is 30.0 Å². The number of hydrogen-bond acceptors (Lipinski definition) is 2. The lowest BCUT2D eigenvalue weighted by Gasteiger charge is -2.12. The van der Waals surface area contributed by atoms with Gasteiger partial charge in [-0.05, 0) is 28.1 Å². The lowest BCUT2D eigenvalue weighted by atomic mass is 10.1. The molecule has 0 aliphatic carbocycles. The van der Waals surface area contributed by atoms with E-state index in [4.69, 9.17) is 11.6 Å². The Morgan fingerprint density at radius 2 is 2.21 bits per heavy atom. The highest BCUT2D eigenvalue weighted by Gasteiger charge is 2.41. The van der Waals surface area contributed by atoms with Crippen molar-refractivity contribution in [3.8, 4) is 0 Å². The number of nitrogens with zero attached hydrogens (tertiary/aromatic N) is 1. The number of pyridine rings is 1. The van der Waals surface area contributed by atoms with Crippen molar-refractivity contribution in [3.63, 3.8) is 0 Å². The molecule has 2 nitrogen and oxygen atoms in total. The Labute approximate surface area is 92.4 Å². The van der Waals surface area contributed by atoms with Gasteiger partial charge in [0, 0.05) is 10.7 Å². The number of Topliss-reactive ketones (excluding diaryl/α,β-unsaturated/α-hetero) is 1. The summed E-state index contributed by atoms with van der Waals surface area (Å²) in [5.74, 6) is -5.69. The Morgan fingerprint density at radius 1 is 1.57 bits per heavy atom. The summed E-state index contributed by atoms with van der Waals surface area (Å²) in [7, 11) is 0. The fourth-order valence-electron chi connectivity index (χ4n) is 0.788. The second-order valence-corrected chi connectivity index (χ2v) is 3.68. The van der Waals surface area contributed by atoms with E-state index in [9.17, 15) is 13.6 Å². The highest BCUT2D eigenvalue weighted by molar-refractivity contribution is 9.10. The highest BCUT2D eigenvalue weighted by Crippen LogP contribution is 2.28. The van der Waals surface area contributed by atoms with Gasteiger partial charge < -0.3 is 0 Å². The SMILES string of the molecule is O=C(CCl)C(F)(F)c1ccc(Br)cn1. The first-order valence-electron chi connectivity index (χ1n) is 3.57. The third-order valence-corrected chi connectivity index (χ3v) is 2.23. The third kappa shape index (κ3) is 2.27. The Bertz CT molecular complexity index is 342. The van der Waals surface area contributed by atoms with Crippen LogP contribution < -0.4 is 0 Å². The van der Waals surface area contributed by atoms with Gasteiger partial charge in [0.1, 0.15) is 5.69 Å². The van der Waals surface area contributed by atoms with E-state index in [0.29, 0.717) is 4.47 Å². The molecule has 0 spiro atoms. The molecule has 14 heavy (non-hydrogen) atoms. The Kier molecular flexibility index (Phi) is 3.55. The normalized spacial score (nSPS) is 11.4. The first kappa shape index (κ1) is 11.5. The van der Waals surface area contributed by atoms with Gasteiger partial charge in [-0.1, -0.05) is 0 Å². The summed E-state index contributed by atoms with van der Waals surface area (Å²) in [5.41, 5.74) is -0.591. The summed E-state index contributed by atoms with van der Waals surface area (Å²) in [6.07, 6.45) is 1.20. The zero-order valence-corrected chi connectivity index (χ0v) is 9.15. The van der Waals surface area contributed by atoms with Gasteiger partial charge in [-0.2, -0.15) is 8.78 Å². The predicted octanol–water partition coefficient (Wildman–Crippen LogP) is 2.74. The average molecular weight is 284 g/mol. The fourth-order valence-corrected chi connectivity index (χ4v) is 1.19. The van der Waals surface area contributed by atoms with Crippen LogP contribution in [0.1, 0.15) is 5.69 Å². The maximum Gasteiger partial charge on any atom is 0.348 e. The van der Waals surface area contributed by atoms with Crippen molar-refractivity contribution >= 4 is 33.3 Å². The molecule has 0 amide bonds. The molecule has 76 valence electrons. The van der Waals surface area contributed by atoms with E-state index in [1.807, 2.05) is 0 Å². The van der Waals surface area contributed by atoms with Crippen LogP contribution in [0.15, 0.2) is 22.8 Å². The Hall–Kier alpha value is -0.550. The third-order valence-electron chi connectivity index (χ3n) is 1.52. The van der Waals surface area contributed by atoms with E-state index in [1.54, 1.807) is 0 Å². The fraction of sp³-hybridized carbons (Fsp3) is 0.250. The number of hydrogen-bond donors (Lipinski definition) is 0. The van der Waals surface area contributed by atoms with E-state index in [0.717, 1.165) is 6.07 Å². The van der Waals surface area contributed by atoms with Gasteiger partial charge in [-0.3, -0.25) is 9.78 Å². The van der Waals surface area contributed by atoms with Gasteiger partial charge in [0.15, 0.2) is 0 Å². The molecule has 0 aromatic carbocycles. The molecule has 0 atom stereocenters. The summed E-state index contributed by atoms with van der Waals surface area (Å²) >= 11 is 8.10. The molecular weight excluding hydrogens is 279 g/mol. The van der Waals surface area contributed by atoms with Gasteiger partial charge in [0.25, 0.3) is 0 Å². The minimum Gasteiger partial charge on any atom is -0.291 e. The van der Waals surface area contributed by atoms with E-state index >= 15 is 0 Å². The largest absolute Gasteiger partial charge is 0.348 e. The number of carbonyl (C=O) groups is 1. The van der Waals surface area contributed by atoms with Crippen LogP contribution in [0.4, 0.5) is 8.78 Å². The van der Waals surface area contributed by atoms with Crippen LogP contribution in [-0.2, 0) is 10.7 Å². The van der Waals surface area contributed by atoms with Gasteiger partial charge in [-0.25, -0.2) is 0 Å². The molecular formula is C8H5BrClF2NO. The summed E-state index contributed by atoms with van der Waals surface area (Å²) in [4.78, 5) is 14.2. The predicted molar refractivity (Wildman–Crippen MR) is 51.6 cm³/mol. The second-order valence-electron chi connectivity index (χ2n) is 2.49. The van der Waals surface area contributed by atoms with Crippen molar-refractivity contribution in [1.29, 1.82) is 0 Å². The van der Waals surface area contributed by atoms with E-state index < -0.39 is 23.3 Å². The zero-order valence-electron chi connectivity index (χ0n) is 6.81. The molecule has 0 radical (unpaired) electrons. The number of ketones is 1. The second kappa shape index (κ2) is 4.31. The number of halogens is 4. The van der Waals surface area contributed by atoms with Crippen LogP contribution in [0.25, 0.3) is 0 Å². The lowest BCUT2D eigenvalue weighted by Crippen LogP contribution is -2.28. The molecule has 0 N–H and O–H groups in total. The zero-order chi connectivity index (χ0) is 10.8. The van der Waals surface area contributed by atoms with Crippen molar-refractivity contribution in [2.45, 2.75) is 5.92 Å². The first-order valence-corrected chi connectivity index (χ1v) is 4.90. The van der Waals surface area contributed by atoms with Gasteiger partial charge >= 0.3 is 5.92 Å². The van der Waals surface area contributed by atoms with Crippen molar-refractivity contribution in [3.05, 3.63) is 28.5 Å². The van der Waals surface area contributed by atoms with Crippen LogP contribution in [0.5, 0.6) is 0 Å². The van der Waals surface area contributed by atoms with Gasteiger partial charge in [-0.15, -0.1) is 11.6 Å². The lowest BCUT2D eigenvalue weighted by molar-refractivity contribution is -0.142. The molecule has 0 fully saturated rings. The smallest absolute Gasteiger partial charge is 0.291 e. The Morgan fingerprint density at radius 3 is 2.64 bits per heavy atom. The number of carbonyl (C=O) groups excluding carboxylic acids is 1. The standard InChI is InChI=1S/C8H5BrClF2NO/c9-5-1-2-6(13-4-5)8(11,12)7(14)3-10/h1-2,4H,3H2. The van der Waals surface area contributed by atoms with E-state index in [-0.39, 0.29) is 0 Å². The van der Waals surface area contributed by atoms with E-state index in [2.05, 4.69) is 20.9 Å². The van der Waals surface area contributed by atoms with Crippen LogP contribution in [-0.4, -0.2) is 16.6 Å². The molecule has 0 aliphatic rings. The van der Waals surface area contributed by atoms with Gasteiger partial charge in [0.05, 0.1) is 5.88 Å². The minimum atomic E-state index is -3.61. The number of alkyl halides is 3. The monoisotopic (exact) mass is 283 g/mol. The summed E-state index contributed by atoms with van der Waals surface area (Å²) in [6.45, 7) is 0. The molecule has 6 heteroatoms. The summed E-state index contributed by atoms with van der Waals surface area (Å²) in [6, 6.07) is 2.46. The molecule has 1 rings (SSSR count). The van der Waals surface area contributed by atoms with Crippen molar-refractivity contribution in [2.75, 3.05) is 5.88 Å². The van der Waals surface area contributed by atoms with Crippen LogP contribution in [0.3, 0.4) is 0 Å². The maximum atomic E-state index is 13.2. The molecule has 0 aliphatic heterocycles. The highest BCUT2D eigenvalue weighted by atomic mass is 79.9. The molecule has 1 aromatic rings. The molecule has 0 bridgehead atoms. The molecule has 0 saturated carbocycles. The van der Waals surface area contributed by atoms with Gasteiger partial charge in [0.2, 0.25) is 5.78 Å². The van der Waals surface area contributed by atoms with Crippen molar-refractivity contribution in [2.24, 2.45) is 0 Å². The molecule has 0 unspecified atom stereocenters. The Balaban J connectivity index is 3.03. The average Bonchev–Trinajstić information content (AvgIpc) is 2.17. The molecule has 0 saturated heterocycles.